The van der Waals surface area contributed by atoms with Gasteiger partial charge in [0.05, 0.1) is 0 Å². The number of amides is 2. The fraction of sp³-hybridized carbons (Fsp3) is 0.556. The van der Waals surface area contributed by atoms with Crippen molar-refractivity contribution in [1.82, 2.24) is 5.32 Å². The van der Waals surface area contributed by atoms with Gasteiger partial charge in [-0.25, -0.2) is 0 Å². The van der Waals surface area contributed by atoms with Crippen LogP contribution in [0.15, 0.2) is 30.3 Å². The molecule has 1 saturated carbocycles. The summed E-state index contributed by atoms with van der Waals surface area (Å²) in [5, 5.41) is 2.85. The van der Waals surface area contributed by atoms with Crippen molar-refractivity contribution in [2.24, 2.45) is 16.9 Å². The summed E-state index contributed by atoms with van der Waals surface area (Å²) in [7, 11) is 0. The van der Waals surface area contributed by atoms with E-state index in [1.54, 1.807) is 19.1 Å². The van der Waals surface area contributed by atoms with Gasteiger partial charge < -0.3 is 16.8 Å². The second-order valence-corrected chi connectivity index (χ2v) is 6.85. The fourth-order valence-corrected chi connectivity index (χ4v) is 3.47. The average Bonchev–Trinajstić information content (AvgIpc) is 2.56. The smallest absolute Gasteiger partial charge is 0.247 e. The molecule has 0 radical (unpaired) electrons. The van der Waals surface area contributed by atoms with Gasteiger partial charge in [0.2, 0.25) is 11.8 Å². The maximum Gasteiger partial charge on any atom is 0.247 e. The molecule has 0 spiro atoms. The maximum atomic E-state index is 12.6. The second kappa shape index (κ2) is 8.49. The summed E-state index contributed by atoms with van der Waals surface area (Å²) >= 11 is 0. The monoisotopic (exact) mass is 353 g/mol. The molecule has 24 heavy (non-hydrogen) atoms. The van der Waals surface area contributed by atoms with Gasteiger partial charge in [-0.05, 0) is 37.3 Å². The highest BCUT2D eigenvalue weighted by Crippen LogP contribution is 2.38. The Morgan fingerprint density at radius 3 is 2.25 bits per heavy atom. The number of carbonyl (C=O) groups is 2. The van der Waals surface area contributed by atoms with E-state index in [-0.39, 0.29) is 23.7 Å². The number of rotatable bonds is 6. The Labute approximate surface area is 150 Å². The highest BCUT2D eigenvalue weighted by molar-refractivity contribution is 5.91. The molecule has 0 aromatic heterocycles. The van der Waals surface area contributed by atoms with Crippen LogP contribution in [0.2, 0.25) is 0 Å². The zero-order chi connectivity index (χ0) is 16.9. The molecule has 5 nitrogen and oxygen atoms in total. The first-order valence-electron chi connectivity index (χ1n) is 8.28. The average molecular weight is 354 g/mol. The molecule has 5 N–H and O–H groups in total. The number of nitrogens with one attached hydrogen (secondary N) is 1. The lowest BCUT2D eigenvalue weighted by Gasteiger charge is -2.37. The van der Waals surface area contributed by atoms with Crippen molar-refractivity contribution in [3.63, 3.8) is 0 Å². The molecule has 1 atom stereocenters. The van der Waals surface area contributed by atoms with Crippen molar-refractivity contribution in [3.8, 4) is 0 Å². The third-order valence-electron chi connectivity index (χ3n) is 5.12. The summed E-state index contributed by atoms with van der Waals surface area (Å²) < 4.78 is 0. The van der Waals surface area contributed by atoms with Crippen molar-refractivity contribution >= 4 is 24.2 Å². The van der Waals surface area contributed by atoms with Gasteiger partial charge in [0.15, 0.2) is 0 Å². The minimum absolute atomic E-state index is 0. The predicted octanol–water partition coefficient (Wildman–Crippen LogP) is 2.22. The molecule has 1 unspecified atom stereocenters. The van der Waals surface area contributed by atoms with E-state index in [1.807, 2.05) is 18.2 Å². The van der Waals surface area contributed by atoms with Crippen molar-refractivity contribution in [3.05, 3.63) is 35.9 Å². The summed E-state index contributed by atoms with van der Waals surface area (Å²) in [4.78, 5) is 24.6. The SMILES string of the molecule is CC(NC(=O)CC1(CN)CCCCC1)(C(N)=O)c1ccccc1.Cl. The van der Waals surface area contributed by atoms with Gasteiger partial charge >= 0.3 is 0 Å². The van der Waals surface area contributed by atoms with Crippen molar-refractivity contribution in [1.29, 1.82) is 0 Å². The van der Waals surface area contributed by atoms with E-state index in [1.165, 1.54) is 6.42 Å². The summed E-state index contributed by atoms with van der Waals surface area (Å²) in [6.45, 7) is 2.15. The van der Waals surface area contributed by atoms with Crippen LogP contribution in [0.25, 0.3) is 0 Å². The van der Waals surface area contributed by atoms with Gasteiger partial charge in [-0.1, -0.05) is 49.6 Å². The Morgan fingerprint density at radius 2 is 1.75 bits per heavy atom. The molecule has 0 bridgehead atoms. The molecular weight excluding hydrogens is 326 g/mol. The summed E-state index contributed by atoms with van der Waals surface area (Å²) in [5.74, 6) is -0.731. The zero-order valence-electron chi connectivity index (χ0n) is 14.2. The van der Waals surface area contributed by atoms with Gasteiger partial charge in [0.1, 0.15) is 5.54 Å². The Balaban J connectivity index is 0.00000288. The van der Waals surface area contributed by atoms with Crippen molar-refractivity contribution < 1.29 is 9.59 Å². The minimum Gasteiger partial charge on any atom is -0.367 e. The van der Waals surface area contributed by atoms with Gasteiger partial charge in [-0.3, -0.25) is 9.59 Å². The molecule has 1 aromatic rings. The van der Waals surface area contributed by atoms with Gasteiger partial charge in [-0.2, -0.15) is 0 Å². The molecule has 1 fully saturated rings. The molecular formula is C18H28ClN3O2. The van der Waals surface area contributed by atoms with Crippen molar-refractivity contribution in [2.75, 3.05) is 6.54 Å². The molecule has 0 heterocycles. The molecule has 2 amide bonds. The predicted molar refractivity (Wildman–Crippen MR) is 97.6 cm³/mol. The lowest BCUT2D eigenvalue weighted by Crippen LogP contribution is -2.54. The first kappa shape index (κ1) is 20.5. The van der Waals surface area contributed by atoms with Gasteiger partial charge in [0, 0.05) is 6.42 Å². The number of hydrogen-bond acceptors (Lipinski definition) is 3. The van der Waals surface area contributed by atoms with E-state index in [9.17, 15) is 9.59 Å². The van der Waals surface area contributed by atoms with Crippen LogP contribution >= 0.6 is 12.4 Å². The first-order chi connectivity index (χ1) is 10.9. The Morgan fingerprint density at radius 1 is 1.17 bits per heavy atom. The molecule has 0 saturated heterocycles. The van der Waals surface area contributed by atoms with E-state index >= 15 is 0 Å². The van der Waals surface area contributed by atoms with Gasteiger partial charge in [-0.15, -0.1) is 12.4 Å². The highest BCUT2D eigenvalue weighted by Gasteiger charge is 2.38. The van der Waals surface area contributed by atoms with Crippen LogP contribution in [0.5, 0.6) is 0 Å². The number of halogens is 1. The lowest BCUT2D eigenvalue weighted by molar-refractivity contribution is -0.133. The first-order valence-corrected chi connectivity index (χ1v) is 8.28. The second-order valence-electron chi connectivity index (χ2n) is 6.85. The quantitative estimate of drug-likeness (QED) is 0.731. The summed E-state index contributed by atoms with van der Waals surface area (Å²) in [6, 6.07) is 9.10. The van der Waals surface area contributed by atoms with E-state index in [2.05, 4.69) is 5.32 Å². The van der Waals surface area contributed by atoms with E-state index in [0.717, 1.165) is 25.7 Å². The van der Waals surface area contributed by atoms with E-state index < -0.39 is 11.4 Å². The number of carbonyl (C=O) groups excluding carboxylic acids is 2. The minimum atomic E-state index is -1.21. The van der Waals surface area contributed by atoms with Crippen LogP contribution in [0.4, 0.5) is 0 Å². The summed E-state index contributed by atoms with van der Waals surface area (Å²) in [5.41, 5.74) is 10.9. The number of hydrogen-bond donors (Lipinski definition) is 3. The van der Waals surface area contributed by atoms with Crippen LogP contribution in [0.1, 0.15) is 51.0 Å². The number of primary amides is 1. The number of benzene rings is 1. The Bertz CT molecular complexity index is 559. The number of nitrogens with two attached hydrogens (primary N) is 2. The Kier molecular flexibility index (Phi) is 7.24. The Hall–Kier alpha value is -1.59. The zero-order valence-corrected chi connectivity index (χ0v) is 15.0. The van der Waals surface area contributed by atoms with Crippen molar-refractivity contribution in [2.45, 2.75) is 51.0 Å². The summed E-state index contributed by atoms with van der Waals surface area (Å²) in [6.07, 6.45) is 5.70. The van der Waals surface area contributed by atoms with Crippen LogP contribution < -0.4 is 16.8 Å². The molecule has 2 rings (SSSR count). The molecule has 1 aliphatic carbocycles. The van der Waals surface area contributed by atoms with E-state index in [0.29, 0.717) is 18.5 Å². The standard InChI is InChI=1S/C18H27N3O2.ClH/c1-17(16(20)23,14-8-4-2-5-9-14)21-15(22)12-18(13-19)10-6-3-7-11-18;/h2,4-5,8-9H,3,6-7,10-13,19H2,1H3,(H2,20,23)(H,21,22);1H. The van der Waals surface area contributed by atoms with E-state index in [4.69, 9.17) is 11.5 Å². The van der Waals surface area contributed by atoms with Crippen LogP contribution in [0.3, 0.4) is 0 Å². The third kappa shape index (κ3) is 4.48. The third-order valence-corrected chi connectivity index (χ3v) is 5.12. The van der Waals surface area contributed by atoms with Gasteiger partial charge in [0.25, 0.3) is 0 Å². The highest BCUT2D eigenvalue weighted by atomic mass is 35.5. The molecule has 1 aromatic carbocycles. The normalized spacial score (nSPS) is 18.8. The molecule has 134 valence electrons. The van der Waals surface area contributed by atoms with Crippen LogP contribution in [-0.2, 0) is 15.1 Å². The largest absolute Gasteiger partial charge is 0.367 e. The fourth-order valence-electron chi connectivity index (χ4n) is 3.47. The topological polar surface area (TPSA) is 98.2 Å². The van der Waals surface area contributed by atoms with Crippen LogP contribution in [0, 0.1) is 5.41 Å². The lowest BCUT2D eigenvalue weighted by atomic mass is 9.71. The maximum absolute atomic E-state index is 12.6. The molecule has 0 aliphatic heterocycles. The van der Waals surface area contributed by atoms with Crippen LogP contribution in [-0.4, -0.2) is 18.4 Å². The molecule has 1 aliphatic rings. The molecule has 6 heteroatoms.